The van der Waals surface area contributed by atoms with Crippen molar-refractivity contribution in [3.8, 4) is 0 Å². The van der Waals surface area contributed by atoms with Gasteiger partial charge in [-0.15, -0.1) is 0 Å². The molecule has 0 fully saturated rings. The maximum Gasteiger partial charge on any atom is -0.726 e. The van der Waals surface area contributed by atoms with E-state index >= 15 is 0 Å². The maximum absolute atomic E-state index is 2.33. The SMILES string of the molecule is CCC[CH2][Sn+]([CH2]CCC)[CH2]CCC.[CH-]. The molecular weight excluding hydrogens is 275 g/mol. The first-order valence-corrected chi connectivity index (χ1v) is 12.2. The fourth-order valence-electron chi connectivity index (χ4n) is 1.66. The van der Waals surface area contributed by atoms with E-state index in [1.807, 2.05) is 0 Å². The van der Waals surface area contributed by atoms with Crippen LogP contribution in [0.1, 0.15) is 59.3 Å². The summed E-state index contributed by atoms with van der Waals surface area (Å²) in [5, 5.41) is 0. The summed E-state index contributed by atoms with van der Waals surface area (Å²) < 4.78 is 5.04. The zero-order valence-corrected chi connectivity index (χ0v) is 13.3. The van der Waals surface area contributed by atoms with E-state index in [0.717, 1.165) is 0 Å². The molecule has 0 saturated carbocycles. The summed E-state index contributed by atoms with van der Waals surface area (Å²) in [4.78, 5) is 0. The van der Waals surface area contributed by atoms with Gasteiger partial charge in [-0.05, 0) is 0 Å². The van der Waals surface area contributed by atoms with Gasteiger partial charge in [0.25, 0.3) is 0 Å². The average molecular weight is 303 g/mol. The monoisotopic (exact) mass is 304 g/mol. The largest absolute Gasteiger partial charge is 0.726 e. The Morgan fingerprint density at radius 3 is 1.14 bits per heavy atom. The Hall–Kier alpha value is 0.799. The second-order valence-corrected chi connectivity index (χ2v) is 12.6. The summed E-state index contributed by atoms with van der Waals surface area (Å²) in [6, 6.07) is 0. The van der Waals surface area contributed by atoms with Gasteiger partial charge in [0.05, 0.1) is 0 Å². The van der Waals surface area contributed by atoms with Crippen molar-refractivity contribution in [3.63, 3.8) is 0 Å². The predicted octanol–water partition coefficient (Wildman–Crippen LogP) is 5.09. The third-order valence-electron chi connectivity index (χ3n) is 2.65. The first-order valence-electron chi connectivity index (χ1n) is 6.18. The zero-order valence-electron chi connectivity index (χ0n) is 10.4. The minimum atomic E-state index is -0.839. The average Bonchev–Trinajstić information content (AvgIpc) is 2.17. The molecule has 0 bridgehead atoms. The molecule has 0 aromatic heterocycles. The molecule has 0 aliphatic carbocycles. The van der Waals surface area contributed by atoms with Crippen LogP contribution in [0.2, 0.25) is 13.3 Å². The molecule has 0 atom stereocenters. The van der Waals surface area contributed by atoms with Crippen molar-refractivity contribution in [1.82, 2.24) is 0 Å². The molecule has 0 nitrogen and oxygen atoms in total. The van der Waals surface area contributed by atoms with Crippen molar-refractivity contribution < 1.29 is 0 Å². The molecule has 0 heterocycles. The van der Waals surface area contributed by atoms with Gasteiger partial charge >= 0.3 is 92.4 Å². The van der Waals surface area contributed by atoms with Crippen LogP contribution in [0.15, 0.2) is 0 Å². The minimum absolute atomic E-state index is 0. The second-order valence-electron chi connectivity index (χ2n) is 4.06. The molecule has 2 radical (unpaired) electrons. The van der Waals surface area contributed by atoms with Gasteiger partial charge in [0.1, 0.15) is 0 Å². The van der Waals surface area contributed by atoms with E-state index in [9.17, 15) is 0 Å². The third kappa shape index (κ3) is 10.9. The topological polar surface area (TPSA) is 0 Å². The molecule has 0 saturated heterocycles. The van der Waals surface area contributed by atoms with E-state index in [1.54, 1.807) is 13.3 Å². The molecular formula is C13H28Sn. The van der Waals surface area contributed by atoms with Crippen molar-refractivity contribution >= 4 is 19.8 Å². The summed E-state index contributed by atoms with van der Waals surface area (Å²) in [5.41, 5.74) is 0. The van der Waals surface area contributed by atoms with E-state index in [-0.39, 0.29) is 7.43 Å². The first-order chi connectivity index (χ1) is 6.35. The Morgan fingerprint density at radius 2 is 0.929 bits per heavy atom. The Kier molecular flexibility index (Phi) is 17.0. The van der Waals surface area contributed by atoms with Gasteiger partial charge in [-0.1, -0.05) is 0 Å². The maximum atomic E-state index is 2.33. The Labute approximate surface area is 99.6 Å². The number of unbranched alkanes of at least 4 members (excludes halogenated alkanes) is 3. The smallest absolute Gasteiger partial charge is 0.726 e. The van der Waals surface area contributed by atoms with E-state index < -0.39 is 19.8 Å². The normalized spacial score (nSPS) is 9.64. The van der Waals surface area contributed by atoms with Crippen molar-refractivity contribution in [2.24, 2.45) is 0 Å². The molecule has 0 N–H and O–H groups in total. The number of rotatable bonds is 9. The van der Waals surface area contributed by atoms with Crippen molar-refractivity contribution in [2.75, 3.05) is 0 Å². The van der Waals surface area contributed by atoms with Crippen LogP contribution in [0.4, 0.5) is 0 Å². The van der Waals surface area contributed by atoms with Crippen LogP contribution in [0.3, 0.4) is 0 Å². The van der Waals surface area contributed by atoms with E-state index in [2.05, 4.69) is 20.8 Å². The first kappa shape index (κ1) is 17.2. The standard InChI is InChI=1S/3C4H9.CH.Sn/c3*1-3-4-2;;/h3*1,3-4H2,2H3;1H;/q;;;-1;+1. The van der Waals surface area contributed by atoms with Crippen LogP contribution in [-0.4, -0.2) is 19.8 Å². The number of hydrogen-bond donors (Lipinski definition) is 0. The van der Waals surface area contributed by atoms with Gasteiger partial charge in [-0.25, -0.2) is 0 Å². The summed E-state index contributed by atoms with van der Waals surface area (Å²) in [7, 11) is 0. The van der Waals surface area contributed by atoms with Crippen LogP contribution in [0.5, 0.6) is 0 Å². The Morgan fingerprint density at radius 1 is 0.643 bits per heavy atom. The number of hydrogen-bond acceptors (Lipinski definition) is 0. The quantitative estimate of drug-likeness (QED) is 0.411. The van der Waals surface area contributed by atoms with Crippen LogP contribution in [-0.2, 0) is 0 Å². The summed E-state index contributed by atoms with van der Waals surface area (Å²) in [6.07, 6.45) is 8.85. The van der Waals surface area contributed by atoms with Gasteiger partial charge in [0.15, 0.2) is 0 Å². The summed E-state index contributed by atoms with van der Waals surface area (Å²) >= 11 is -0.839. The molecule has 0 aliphatic heterocycles. The van der Waals surface area contributed by atoms with E-state index in [4.69, 9.17) is 0 Å². The minimum Gasteiger partial charge on any atom is -0.726 e. The van der Waals surface area contributed by atoms with Gasteiger partial charge in [-0.2, -0.15) is 0 Å². The third-order valence-corrected chi connectivity index (χ3v) is 11.7. The molecule has 14 heavy (non-hydrogen) atoms. The molecule has 0 aromatic carbocycles. The molecule has 84 valence electrons. The zero-order chi connectivity index (χ0) is 9.94. The van der Waals surface area contributed by atoms with Crippen molar-refractivity contribution in [3.05, 3.63) is 7.43 Å². The fraction of sp³-hybridized carbons (Fsp3) is 0.923. The second kappa shape index (κ2) is 13.8. The Balaban J connectivity index is 0. The van der Waals surface area contributed by atoms with Gasteiger partial charge in [-0.3, -0.25) is 0 Å². The van der Waals surface area contributed by atoms with Crippen LogP contribution in [0.25, 0.3) is 0 Å². The molecule has 0 rings (SSSR count). The van der Waals surface area contributed by atoms with E-state index in [1.165, 1.54) is 38.5 Å². The molecule has 1 heteroatoms. The molecule has 0 aliphatic rings. The summed E-state index contributed by atoms with van der Waals surface area (Å²) in [6.45, 7) is 7.00. The van der Waals surface area contributed by atoms with Crippen LogP contribution >= 0.6 is 0 Å². The van der Waals surface area contributed by atoms with Crippen LogP contribution < -0.4 is 0 Å². The van der Waals surface area contributed by atoms with Gasteiger partial charge in [0, 0.05) is 0 Å². The van der Waals surface area contributed by atoms with E-state index in [0.29, 0.717) is 0 Å². The van der Waals surface area contributed by atoms with Crippen molar-refractivity contribution in [1.29, 1.82) is 0 Å². The van der Waals surface area contributed by atoms with Crippen LogP contribution in [0, 0.1) is 7.43 Å². The molecule has 0 amide bonds. The van der Waals surface area contributed by atoms with Gasteiger partial charge < -0.3 is 7.43 Å². The molecule has 0 spiro atoms. The Bertz CT molecular complexity index is 72.2. The predicted molar refractivity (Wildman–Crippen MR) is 69.2 cm³/mol. The molecule has 0 aromatic rings. The fourth-order valence-corrected chi connectivity index (χ4v) is 11.1. The molecule has 0 unspecified atom stereocenters. The van der Waals surface area contributed by atoms with Crippen molar-refractivity contribution in [2.45, 2.75) is 72.6 Å². The summed E-state index contributed by atoms with van der Waals surface area (Å²) in [5.74, 6) is 0. The van der Waals surface area contributed by atoms with Gasteiger partial charge in [0.2, 0.25) is 0 Å².